The number of nitrogens with zero attached hydrogens (tertiary/aromatic N) is 3. The molecule has 0 saturated heterocycles. The molecule has 0 atom stereocenters. The third-order valence-corrected chi connectivity index (χ3v) is 5.41. The van der Waals surface area contributed by atoms with Gasteiger partial charge in [-0.15, -0.1) is 0 Å². The quantitative estimate of drug-likeness (QED) is 0.278. The maximum absolute atomic E-state index is 12.8. The highest BCUT2D eigenvalue weighted by molar-refractivity contribution is 6.04. The molecule has 0 fully saturated rings. The molecule has 2 aromatic heterocycles. The minimum Gasteiger partial charge on any atom is -0.493 e. The van der Waals surface area contributed by atoms with Gasteiger partial charge in [0.05, 0.1) is 39.1 Å². The SMILES string of the molecule is COCCn1cc(OCC(F)(F)F)c(C(=O)Nc2ccc(Oc3ccnc4cc(OC)c(OC)cc34)cc2)n1. The molecule has 4 rings (SSSR count). The highest BCUT2D eigenvalue weighted by Crippen LogP contribution is 2.37. The number of rotatable bonds is 11. The number of anilines is 1. The van der Waals surface area contributed by atoms with E-state index in [0.717, 1.165) is 0 Å². The van der Waals surface area contributed by atoms with E-state index in [4.69, 9.17) is 23.7 Å². The molecule has 0 aliphatic rings. The van der Waals surface area contributed by atoms with Gasteiger partial charge in [0.15, 0.2) is 29.5 Å². The second-order valence-corrected chi connectivity index (χ2v) is 8.12. The summed E-state index contributed by atoms with van der Waals surface area (Å²) < 4.78 is 65.8. The Labute approximate surface area is 221 Å². The molecule has 4 aromatic rings. The van der Waals surface area contributed by atoms with Crippen LogP contribution in [0.4, 0.5) is 18.9 Å². The van der Waals surface area contributed by atoms with Crippen molar-refractivity contribution in [3.63, 3.8) is 0 Å². The van der Waals surface area contributed by atoms with E-state index in [2.05, 4.69) is 15.4 Å². The second-order valence-electron chi connectivity index (χ2n) is 8.12. The van der Waals surface area contributed by atoms with Gasteiger partial charge >= 0.3 is 6.18 Å². The van der Waals surface area contributed by atoms with Crippen LogP contribution in [0.2, 0.25) is 0 Å². The van der Waals surface area contributed by atoms with Crippen LogP contribution in [0, 0.1) is 0 Å². The van der Waals surface area contributed by atoms with Crippen LogP contribution in [-0.4, -0.2) is 61.4 Å². The molecule has 0 unspecified atom stereocenters. The average Bonchev–Trinajstić information content (AvgIpc) is 3.34. The molecule has 0 radical (unpaired) electrons. The van der Waals surface area contributed by atoms with Crippen molar-refractivity contribution in [2.45, 2.75) is 12.7 Å². The Hall–Kier alpha value is -4.52. The molecule has 2 aromatic carbocycles. The summed E-state index contributed by atoms with van der Waals surface area (Å²) in [7, 11) is 4.54. The summed E-state index contributed by atoms with van der Waals surface area (Å²) in [6, 6.07) is 11.6. The highest BCUT2D eigenvalue weighted by Gasteiger charge is 2.30. The number of benzene rings is 2. The zero-order valence-electron chi connectivity index (χ0n) is 21.2. The highest BCUT2D eigenvalue weighted by atomic mass is 19.4. The van der Waals surface area contributed by atoms with Crippen molar-refractivity contribution in [1.82, 2.24) is 14.8 Å². The number of hydrogen-bond acceptors (Lipinski definition) is 8. The van der Waals surface area contributed by atoms with Crippen molar-refractivity contribution in [2.75, 3.05) is 39.9 Å². The maximum atomic E-state index is 12.8. The zero-order chi connectivity index (χ0) is 28.0. The van der Waals surface area contributed by atoms with Crippen LogP contribution < -0.4 is 24.3 Å². The van der Waals surface area contributed by atoms with Crippen molar-refractivity contribution in [3.05, 3.63) is 60.6 Å². The van der Waals surface area contributed by atoms with Gasteiger partial charge in [-0.05, 0) is 36.4 Å². The monoisotopic (exact) mass is 546 g/mol. The van der Waals surface area contributed by atoms with E-state index in [1.165, 1.54) is 32.2 Å². The number of amides is 1. The zero-order valence-corrected chi connectivity index (χ0v) is 21.2. The number of nitrogens with one attached hydrogen (secondary N) is 1. The number of carbonyl (C=O) groups is 1. The molecule has 0 aliphatic heterocycles. The topological polar surface area (TPSA) is 106 Å². The Kier molecular flexibility index (Phi) is 8.39. The lowest BCUT2D eigenvalue weighted by molar-refractivity contribution is -0.153. The standard InChI is InChI=1S/C26H25F3N4O6/c1-35-11-10-33-14-23(38-15-26(27,28)29)24(32-33)25(34)31-16-4-6-17(7-5-16)39-20-8-9-30-19-13-22(37-3)21(36-2)12-18(19)20/h4-9,12-14H,10-11,15H2,1-3H3,(H,31,34). The van der Waals surface area contributed by atoms with Crippen LogP contribution in [0.5, 0.6) is 28.7 Å². The number of fused-ring (bicyclic) bond motifs is 1. The Balaban J connectivity index is 1.50. The van der Waals surface area contributed by atoms with Gasteiger partial charge in [0, 0.05) is 30.4 Å². The number of ether oxygens (including phenoxy) is 5. The Bertz CT molecular complexity index is 1440. The first-order chi connectivity index (χ1) is 18.7. The number of methoxy groups -OCH3 is 3. The summed E-state index contributed by atoms with van der Waals surface area (Å²) in [5.74, 6) is 1.00. The van der Waals surface area contributed by atoms with Crippen molar-refractivity contribution in [2.24, 2.45) is 0 Å². The van der Waals surface area contributed by atoms with Gasteiger partial charge in [0.1, 0.15) is 11.5 Å². The van der Waals surface area contributed by atoms with Crippen molar-refractivity contribution >= 4 is 22.5 Å². The Morgan fingerprint density at radius 2 is 1.69 bits per heavy atom. The third kappa shape index (κ3) is 6.87. The summed E-state index contributed by atoms with van der Waals surface area (Å²) in [5.41, 5.74) is 0.720. The largest absolute Gasteiger partial charge is 0.493 e. The molecule has 206 valence electrons. The van der Waals surface area contributed by atoms with Crippen LogP contribution >= 0.6 is 0 Å². The molecule has 2 heterocycles. The van der Waals surface area contributed by atoms with E-state index in [-0.39, 0.29) is 24.6 Å². The van der Waals surface area contributed by atoms with Gasteiger partial charge < -0.3 is 29.0 Å². The van der Waals surface area contributed by atoms with Gasteiger partial charge in [-0.25, -0.2) is 0 Å². The molecular formula is C26H25F3N4O6. The fourth-order valence-electron chi connectivity index (χ4n) is 3.59. The van der Waals surface area contributed by atoms with E-state index < -0.39 is 18.7 Å². The lowest BCUT2D eigenvalue weighted by atomic mass is 10.2. The van der Waals surface area contributed by atoms with Crippen LogP contribution in [0.15, 0.2) is 54.9 Å². The minimum atomic E-state index is -4.57. The fraction of sp³-hybridized carbons (Fsp3) is 0.269. The molecule has 0 aliphatic carbocycles. The van der Waals surface area contributed by atoms with Crippen LogP contribution in [0.3, 0.4) is 0 Å². The Morgan fingerprint density at radius 1 is 0.974 bits per heavy atom. The molecule has 1 amide bonds. The third-order valence-electron chi connectivity index (χ3n) is 5.41. The number of carbonyl (C=O) groups excluding carboxylic acids is 1. The average molecular weight is 547 g/mol. The maximum Gasteiger partial charge on any atom is 0.422 e. The molecule has 10 nitrogen and oxygen atoms in total. The van der Waals surface area contributed by atoms with E-state index in [1.807, 2.05) is 0 Å². The van der Waals surface area contributed by atoms with E-state index >= 15 is 0 Å². The first-order valence-corrected chi connectivity index (χ1v) is 11.6. The van der Waals surface area contributed by atoms with Gasteiger partial charge in [-0.1, -0.05) is 0 Å². The van der Waals surface area contributed by atoms with Crippen LogP contribution in [0.25, 0.3) is 10.9 Å². The summed E-state index contributed by atoms with van der Waals surface area (Å²) >= 11 is 0. The summed E-state index contributed by atoms with van der Waals surface area (Å²) in [5, 5.41) is 7.36. The van der Waals surface area contributed by atoms with Crippen molar-refractivity contribution in [3.8, 4) is 28.7 Å². The second kappa shape index (κ2) is 11.9. The molecule has 0 spiro atoms. The molecular weight excluding hydrogens is 521 g/mol. The summed E-state index contributed by atoms with van der Waals surface area (Å²) in [6.45, 7) is -1.09. The van der Waals surface area contributed by atoms with Gasteiger partial charge in [0.25, 0.3) is 5.91 Å². The van der Waals surface area contributed by atoms with Gasteiger partial charge in [-0.2, -0.15) is 18.3 Å². The number of hydrogen-bond donors (Lipinski definition) is 1. The summed E-state index contributed by atoms with van der Waals surface area (Å²) in [6.07, 6.45) is -1.75. The number of alkyl halides is 3. The molecule has 39 heavy (non-hydrogen) atoms. The van der Waals surface area contributed by atoms with E-state index in [1.54, 1.807) is 48.7 Å². The minimum absolute atomic E-state index is 0.223. The fourth-order valence-corrected chi connectivity index (χ4v) is 3.59. The van der Waals surface area contributed by atoms with Gasteiger partial charge in [-0.3, -0.25) is 14.5 Å². The number of halogens is 3. The van der Waals surface area contributed by atoms with Crippen molar-refractivity contribution in [1.29, 1.82) is 0 Å². The molecule has 0 bridgehead atoms. The number of pyridine rings is 1. The predicted molar refractivity (Wildman–Crippen MR) is 135 cm³/mol. The normalized spacial score (nSPS) is 11.3. The number of aromatic nitrogens is 3. The molecule has 0 saturated carbocycles. The predicted octanol–water partition coefficient (Wildman–Crippen LogP) is 5.08. The van der Waals surface area contributed by atoms with Crippen LogP contribution in [0.1, 0.15) is 10.5 Å². The first-order valence-electron chi connectivity index (χ1n) is 11.6. The molecule has 13 heteroatoms. The van der Waals surface area contributed by atoms with E-state index in [0.29, 0.717) is 39.6 Å². The lowest BCUT2D eigenvalue weighted by Gasteiger charge is -2.13. The van der Waals surface area contributed by atoms with E-state index in [9.17, 15) is 18.0 Å². The first kappa shape index (κ1) is 27.5. The van der Waals surface area contributed by atoms with Gasteiger partial charge in [0.2, 0.25) is 0 Å². The van der Waals surface area contributed by atoms with Crippen LogP contribution in [-0.2, 0) is 11.3 Å². The lowest BCUT2D eigenvalue weighted by Crippen LogP contribution is -2.21. The Morgan fingerprint density at radius 3 is 2.36 bits per heavy atom. The smallest absolute Gasteiger partial charge is 0.422 e. The molecule has 1 N–H and O–H groups in total. The van der Waals surface area contributed by atoms with Crippen molar-refractivity contribution < 1.29 is 41.7 Å². The summed E-state index contributed by atoms with van der Waals surface area (Å²) in [4.78, 5) is 17.2.